The molecule has 7 heteroatoms. The van der Waals surface area contributed by atoms with Gasteiger partial charge in [-0.25, -0.2) is 14.4 Å². The van der Waals surface area contributed by atoms with Crippen molar-refractivity contribution >= 4 is 16.9 Å². The SMILES string of the molecule is CC1(C)O[C@H]2[C@@H](c3nc(N)c4[nH]cnc4c3F)C=C[C@H]2O1. The number of nitrogens with zero attached hydrogens (tertiary/aromatic N) is 2. The van der Waals surface area contributed by atoms with Crippen LogP contribution in [0, 0.1) is 5.82 Å². The van der Waals surface area contributed by atoms with E-state index in [0.717, 1.165) is 0 Å². The van der Waals surface area contributed by atoms with Crippen LogP contribution in [0.1, 0.15) is 25.5 Å². The van der Waals surface area contributed by atoms with Crippen molar-refractivity contribution in [3.63, 3.8) is 0 Å². The average Bonchev–Trinajstić information content (AvgIpc) is 3.07. The summed E-state index contributed by atoms with van der Waals surface area (Å²) in [6.45, 7) is 3.68. The predicted octanol–water partition coefficient (Wildman–Crippen LogP) is 1.85. The summed E-state index contributed by atoms with van der Waals surface area (Å²) in [6, 6.07) is 0. The third-order valence-corrected chi connectivity index (χ3v) is 3.91. The van der Waals surface area contributed by atoms with Gasteiger partial charge in [-0.1, -0.05) is 12.2 Å². The van der Waals surface area contributed by atoms with E-state index < -0.39 is 11.6 Å². The molecule has 3 atom stereocenters. The Morgan fingerprint density at radius 1 is 1.33 bits per heavy atom. The molecule has 2 aromatic rings. The molecule has 0 bridgehead atoms. The number of anilines is 1. The van der Waals surface area contributed by atoms with Crippen LogP contribution < -0.4 is 5.73 Å². The first kappa shape index (κ1) is 12.7. The van der Waals surface area contributed by atoms with Crippen LogP contribution in [0.2, 0.25) is 0 Å². The number of ether oxygens (including phenoxy) is 2. The minimum atomic E-state index is -0.684. The van der Waals surface area contributed by atoms with Crippen molar-refractivity contribution in [2.24, 2.45) is 0 Å². The molecule has 0 amide bonds. The summed E-state index contributed by atoms with van der Waals surface area (Å²) in [7, 11) is 0. The largest absolute Gasteiger partial charge is 0.382 e. The Kier molecular flexibility index (Phi) is 2.44. The number of imidazole rings is 1. The van der Waals surface area contributed by atoms with E-state index in [1.807, 2.05) is 26.0 Å². The fourth-order valence-corrected chi connectivity index (χ4v) is 3.06. The van der Waals surface area contributed by atoms with Gasteiger partial charge in [0.15, 0.2) is 11.6 Å². The molecule has 3 N–H and O–H groups in total. The lowest BCUT2D eigenvalue weighted by molar-refractivity contribution is -0.145. The van der Waals surface area contributed by atoms with Gasteiger partial charge in [0.25, 0.3) is 0 Å². The van der Waals surface area contributed by atoms with E-state index >= 15 is 0 Å². The smallest absolute Gasteiger partial charge is 0.173 e. The predicted molar refractivity (Wildman–Crippen MR) is 74.0 cm³/mol. The number of nitrogens with two attached hydrogens (primary N) is 1. The maximum Gasteiger partial charge on any atom is 0.173 e. The molecule has 2 aliphatic rings. The monoisotopic (exact) mass is 290 g/mol. The molecule has 4 rings (SSSR count). The average molecular weight is 290 g/mol. The standard InChI is InChI=1S/C14H15FN4O2/c1-14(2)20-7-4-3-6(12(7)21-14)9-8(15)10-11(13(16)19-9)18-5-17-10/h3-7,12H,1-2H3,(H2,16,19)(H,17,18)/t6-,7-,12+/m1/s1. The van der Waals surface area contributed by atoms with Gasteiger partial charge < -0.3 is 20.2 Å². The minimum Gasteiger partial charge on any atom is -0.382 e. The Labute approximate surface area is 120 Å². The summed E-state index contributed by atoms with van der Waals surface area (Å²) in [5.41, 5.74) is 6.75. The van der Waals surface area contributed by atoms with E-state index in [1.165, 1.54) is 6.33 Å². The highest BCUT2D eigenvalue weighted by atomic mass is 19.1. The summed E-state index contributed by atoms with van der Waals surface area (Å²) in [6.07, 6.45) is 4.66. The number of nitrogens with one attached hydrogen (secondary N) is 1. The van der Waals surface area contributed by atoms with Crippen molar-refractivity contribution in [3.8, 4) is 0 Å². The first-order valence-corrected chi connectivity index (χ1v) is 6.78. The van der Waals surface area contributed by atoms with Crippen LogP contribution in [0.3, 0.4) is 0 Å². The molecule has 3 heterocycles. The van der Waals surface area contributed by atoms with Gasteiger partial charge in [0, 0.05) is 0 Å². The number of nitrogen functional groups attached to an aromatic ring is 1. The number of hydrogen-bond acceptors (Lipinski definition) is 5. The van der Waals surface area contributed by atoms with Crippen LogP contribution >= 0.6 is 0 Å². The zero-order valence-corrected chi connectivity index (χ0v) is 11.6. The lowest BCUT2D eigenvalue weighted by atomic mass is 9.99. The summed E-state index contributed by atoms with van der Waals surface area (Å²) >= 11 is 0. The lowest BCUT2D eigenvalue weighted by Gasteiger charge is -2.21. The molecule has 1 aliphatic heterocycles. The fraction of sp³-hybridized carbons (Fsp3) is 0.429. The van der Waals surface area contributed by atoms with Crippen LogP contribution in [0.15, 0.2) is 18.5 Å². The van der Waals surface area contributed by atoms with Crippen molar-refractivity contribution in [1.29, 1.82) is 0 Å². The third kappa shape index (κ3) is 1.77. The van der Waals surface area contributed by atoms with Gasteiger partial charge in [-0.3, -0.25) is 0 Å². The summed E-state index contributed by atoms with van der Waals surface area (Å²) in [4.78, 5) is 11.0. The van der Waals surface area contributed by atoms with Gasteiger partial charge >= 0.3 is 0 Å². The Morgan fingerprint density at radius 2 is 2.14 bits per heavy atom. The molecule has 0 saturated carbocycles. The van der Waals surface area contributed by atoms with Crippen molar-refractivity contribution < 1.29 is 13.9 Å². The van der Waals surface area contributed by atoms with E-state index in [2.05, 4.69) is 15.0 Å². The van der Waals surface area contributed by atoms with Crippen molar-refractivity contribution in [2.45, 2.75) is 37.8 Å². The minimum absolute atomic E-state index is 0.192. The molecule has 0 radical (unpaired) electrons. The van der Waals surface area contributed by atoms with Crippen LogP contribution in [0.25, 0.3) is 11.0 Å². The van der Waals surface area contributed by atoms with Crippen molar-refractivity contribution in [2.75, 3.05) is 5.73 Å². The lowest BCUT2D eigenvalue weighted by Crippen LogP contribution is -2.25. The quantitative estimate of drug-likeness (QED) is 0.783. The Bertz CT molecular complexity index is 755. The van der Waals surface area contributed by atoms with Crippen LogP contribution in [0.5, 0.6) is 0 Å². The van der Waals surface area contributed by atoms with Crippen molar-refractivity contribution in [1.82, 2.24) is 15.0 Å². The second-order valence-electron chi connectivity index (χ2n) is 5.80. The van der Waals surface area contributed by atoms with E-state index in [1.54, 1.807) is 0 Å². The molecular formula is C14H15FN4O2. The van der Waals surface area contributed by atoms with E-state index in [4.69, 9.17) is 15.2 Å². The fourth-order valence-electron chi connectivity index (χ4n) is 3.06. The molecular weight excluding hydrogens is 275 g/mol. The highest BCUT2D eigenvalue weighted by molar-refractivity contribution is 5.85. The van der Waals surface area contributed by atoms with Crippen molar-refractivity contribution in [3.05, 3.63) is 30.0 Å². The van der Waals surface area contributed by atoms with Gasteiger partial charge in [0.1, 0.15) is 29.1 Å². The summed E-state index contributed by atoms with van der Waals surface area (Å²) in [5.74, 6) is -1.25. The first-order chi connectivity index (χ1) is 9.96. The number of fused-ring (bicyclic) bond motifs is 2. The topological polar surface area (TPSA) is 86.0 Å². The highest BCUT2D eigenvalue weighted by Crippen LogP contribution is 2.42. The molecule has 1 fully saturated rings. The van der Waals surface area contributed by atoms with E-state index in [9.17, 15) is 4.39 Å². The van der Waals surface area contributed by atoms with Gasteiger partial charge in [0.2, 0.25) is 0 Å². The van der Waals surface area contributed by atoms with E-state index in [-0.39, 0.29) is 35.2 Å². The maximum atomic E-state index is 14.7. The van der Waals surface area contributed by atoms with E-state index in [0.29, 0.717) is 5.52 Å². The van der Waals surface area contributed by atoms with Gasteiger partial charge in [-0.05, 0) is 13.8 Å². The second-order valence-corrected chi connectivity index (χ2v) is 5.80. The van der Waals surface area contributed by atoms with Gasteiger partial charge in [0.05, 0.1) is 17.9 Å². The Balaban J connectivity index is 1.81. The van der Waals surface area contributed by atoms with Gasteiger partial charge in [-0.2, -0.15) is 0 Å². The summed E-state index contributed by atoms with van der Waals surface area (Å²) in [5, 5.41) is 0. The first-order valence-electron chi connectivity index (χ1n) is 6.78. The molecule has 0 unspecified atom stereocenters. The zero-order valence-electron chi connectivity index (χ0n) is 11.6. The number of aromatic amines is 1. The number of halogens is 1. The number of rotatable bonds is 1. The number of aromatic nitrogens is 3. The molecule has 0 aromatic carbocycles. The third-order valence-electron chi connectivity index (χ3n) is 3.91. The number of H-pyrrole nitrogens is 1. The molecule has 2 aromatic heterocycles. The summed E-state index contributed by atoms with van der Waals surface area (Å²) < 4.78 is 26.3. The zero-order chi connectivity index (χ0) is 14.8. The number of hydrogen-bond donors (Lipinski definition) is 2. The molecule has 110 valence electrons. The highest BCUT2D eigenvalue weighted by Gasteiger charge is 2.48. The Morgan fingerprint density at radius 3 is 2.95 bits per heavy atom. The van der Waals surface area contributed by atoms with Gasteiger partial charge in [-0.15, -0.1) is 0 Å². The Hall–Kier alpha value is -1.99. The normalized spacial score (nSPS) is 30.1. The maximum absolute atomic E-state index is 14.7. The molecule has 6 nitrogen and oxygen atoms in total. The van der Waals surface area contributed by atoms with Crippen LogP contribution in [-0.2, 0) is 9.47 Å². The number of pyridine rings is 1. The molecule has 0 spiro atoms. The molecule has 1 aliphatic carbocycles. The van der Waals surface area contributed by atoms with Crippen LogP contribution in [-0.4, -0.2) is 32.9 Å². The second kappa shape index (κ2) is 4.02. The van der Waals surface area contributed by atoms with Crippen LogP contribution in [0.4, 0.5) is 10.2 Å². The molecule has 1 saturated heterocycles. The molecule has 21 heavy (non-hydrogen) atoms.